The first kappa shape index (κ1) is 22.5. The number of nitrogens with one attached hydrogen (secondary N) is 2. The highest BCUT2D eigenvalue weighted by Crippen LogP contribution is 2.24. The van der Waals surface area contributed by atoms with Crippen molar-refractivity contribution < 1.29 is 44.5 Å². The Balaban J connectivity index is 1.65. The number of hydrogen-bond acceptors (Lipinski definition) is 9. The highest BCUT2D eigenvalue weighted by atomic mass is 16.7. The van der Waals surface area contributed by atoms with Crippen molar-refractivity contribution in [2.24, 2.45) is 0 Å². The third-order valence-corrected chi connectivity index (χ3v) is 4.16. The molecule has 1 aliphatic heterocycles. The zero-order chi connectivity index (χ0) is 20.4. The van der Waals surface area contributed by atoms with Crippen LogP contribution < -0.4 is 10.5 Å². The van der Waals surface area contributed by atoms with Gasteiger partial charge in [0.25, 0.3) is 0 Å². The van der Waals surface area contributed by atoms with Gasteiger partial charge in [-0.05, 0) is 19.4 Å². The second kappa shape index (κ2) is 11.9. The highest BCUT2D eigenvalue weighted by molar-refractivity contribution is 5.12. The van der Waals surface area contributed by atoms with Crippen molar-refractivity contribution in [1.29, 1.82) is 0 Å². The summed E-state index contributed by atoms with van der Waals surface area (Å²) >= 11 is 0. The third-order valence-electron chi connectivity index (χ3n) is 4.16. The van der Waals surface area contributed by atoms with Crippen LogP contribution in [0.25, 0.3) is 0 Å². The van der Waals surface area contributed by atoms with Gasteiger partial charge in [-0.3, -0.25) is 4.84 Å². The van der Waals surface area contributed by atoms with Crippen molar-refractivity contribution in [3.05, 3.63) is 42.1 Å². The largest absolute Gasteiger partial charge is 0.512 e. The molecule has 10 nitrogen and oxygen atoms in total. The van der Waals surface area contributed by atoms with Crippen molar-refractivity contribution >= 4 is 0 Å². The standard InChI is InChI=1S/C18H28N2O8/c1-12-7-13(9-19-8-12)11-27-20-3-2-5-26-18-16(24)15(23)17(25-6-4-21)14(10-22)28-18/h4,6-9,14-18,20-24H,2-3,5,10-11H2,1H3/p+1/b6-4+/t14?,15-,16?,17+,18-/m0/s1. The van der Waals surface area contributed by atoms with Gasteiger partial charge in [-0.25, -0.2) is 10.5 Å². The summed E-state index contributed by atoms with van der Waals surface area (Å²) in [5, 5.41) is 38.3. The Hall–Kier alpha value is -1.79. The minimum Gasteiger partial charge on any atom is -0.512 e. The molecule has 158 valence electrons. The molecule has 1 aliphatic rings. The lowest BCUT2D eigenvalue weighted by molar-refractivity contribution is -0.379. The van der Waals surface area contributed by atoms with Gasteiger partial charge in [-0.2, -0.15) is 0 Å². The fraction of sp³-hybridized carbons (Fsp3) is 0.611. The molecule has 0 spiro atoms. The minimum atomic E-state index is -1.36. The number of hydroxylamine groups is 1. The lowest BCUT2D eigenvalue weighted by atomic mass is 9.99. The molecule has 1 fully saturated rings. The Morgan fingerprint density at radius 3 is 2.82 bits per heavy atom. The van der Waals surface area contributed by atoms with Crippen molar-refractivity contribution in [1.82, 2.24) is 5.48 Å². The van der Waals surface area contributed by atoms with Crippen LogP contribution in [0.3, 0.4) is 0 Å². The molecule has 0 saturated carbocycles. The molecule has 0 aromatic carbocycles. The van der Waals surface area contributed by atoms with Gasteiger partial charge in [-0.15, -0.1) is 0 Å². The summed E-state index contributed by atoms with van der Waals surface area (Å²) in [5.41, 5.74) is 4.95. The monoisotopic (exact) mass is 401 g/mol. The van der Waals surface area contributed by atoms with Crippen molar-refractivity contribution in [2.75, 3.05) is 19.8 Å². The maximum atomic E-state index is 10.1. The van der Waals surface area contributed by atoms with Crippen LogP contribution in [-0.4, -0.2) is 70.9 Å². The smallest absolute Gasteiger partial charge is 0.186 e. The molecule has 1 aromatic heterocycles. The number of H-pyrrole nitrogens is 1. The van der Waals surface area contributed by atoms with Gasteiger partial charge in [0.15, 0.2) is 24.8 Å². The van der Waals surface area contributed by atoms with Crippen molar-refractivity contribution in [2.45, 2.75) is 50.7 Å². The van der Waals surface area contributed by atoms with E-state index in [1.807, 2.05) is 25.4 Å². The molecule has 2 unspecified atom stereocenters. The number of rotatable bonds is 11. The zero-order valence-electron chi connectivity index (χ0n) is 15.7. The van der Waals surface area contributed by atoms with E-state index >= 15 is 0 Å². The van der Waals surface area contributed by atoms with Crippen LogP contribution in [0.5, 0.6) is 0 Å². The molecule has 6 N–H and O–H groups in total. The van der Waals surface area contributed by atoms with Gasteiger partial charge >= 0.3 is 0 Å². The maximum absolute atomic E-state index is 10.1. The van der Waals surface area contributed by atoms with Crippen LogP contribution in [-0.2, 0) is 25.7 Å². The average molecular weight is 401 g/mol. The van der Waals surface area contributed by atoms with E-state index in [-0.39, 0.29) is 6.61 Å². The summed E-state index contributed by atoms with van der Waals surface area (Å²) in [6.07, 6.45) is 0.150. The molecule has 0 amide bonds. The van der Waals surface area contributed by atoms with E-state index in [1.165, 1.54) is 0 Å². The van der Waals surface area contributed by atoms with Crippen LogP contribution in [0.1, 0.15) is 17.5 Å². The molecule has 0 radical (unpaired) electrons. The molecule has 0 bridgehead atoms. The van der Waals surface area contributed by atoms with Gasteiger partial charge in [0, 0.05) is 17.7 Å². The maximum Gasteiger partial charge on any atom is 0.186 e. The fourth-order valence-corrected chi connectivity index (χ4v) is 2.77. The van der Waals surface area contributed by atoms with Crippen LogP contribution in [0.2, 0.25) is 0 Å². The Kier molecular flexibility index (Phi) is 9.58. The molecular weight excluding hydrogens is 372 g/mol. The number of aliphatic hydroxyl groups is 4. The first-order valence-electron chi connectivity index (χ1n) is 9.06. The lowest BCUT2D eigenvalue weighted by Gasteiger charge is -2.41. The topological polar surface area (TPSA) is 144 Å². The van der Waals surface area contributed by atoms with Crippen LogP contribution in [0, 0.1) is 6.92 Å². The Morgan fingerprint density at radius 1 is 1.29 bits per heavy atom. The number of pyridine rings is 1. The fourth-order valence-electron chi connectivity index (χ4n) is 2.77. The molecular formula is C18H29N2O8+. The van der Waals surface area contributed by atoms with Crippen LogP contribution in [0.15, 0.2) is 31.0 Å². The predicted molar refractivity (Wildman–Crippen MR) is 95.5 cm³/mol. The molecule has 5 atom stereocenters. The van der Waals surface area contributed by atoms with Gasteiger partial charge in [0.05, 0.1) is 19.8 Å². The van der Waals surface area contributed by atoms with E-state index in [4.69, 9.17) is 24.2 Å². The summed E-state index contributed by atoms with van der Waals surface area (Å²) in [4.78, 5) is 8.40. The van der Waals surface area contributed by atoms with E-state index in [0.717, 1.165) is 17.4 Å². The number of hydrogen-bond donors (Lipinski definition) is 5. The Labute approximate surface area is 163 Å². The quantitative estimate of drug-likeness (QED) is 0.181. The molecule has 28 heavy (non-hydrogen) atoms. The van der Waals surface area contributed by atoms with Gasteiger partial charge in [-0.1, -0.05) is 0 Å². The number of aryl methyl sites for hydroxylation is 1. The lowest BCUT2D eigenvalue weighted by Crippen LogP contribution is -2.59. The first-order chi connectivity index (χ1) is 13.6. The van der Waals surface area contributed by atoms with E-state index in [2.05, 4.69) is 10.5 Å². The van der Waals surface area contributed by atoms with Crippen molar-refractivity contribution in [3.8, 4) is 0 Å². The molecule has 1 saturated heterocycles. The molecule has 2 heterocycles. The van der Waals surface area contributed by atoms with E-state index in [9.17, 15) is 15.3 Å². The summed E-state index contributed by atoms with van der Waals surface area (Å²) < 4.78 is 16.0. The number of aliphatic hydroxyl groups excluding tert-OH is 4. The predicted octanol–water partition coefficient (Wildman–Crippen LogP) is -0.910. The van der Waals surface area contributed by atoms with Crippen LogP contribution >= 0.6 is 0 Å². The summed E-state index contributed by atoms with van der Waals surface area (Å²) in [6, 6.07) is 2.01. The van der Waals surface area contributed by atoms with Gasteiger partial charge in [0.2, 0.25) is 0 Å². The SMILES string of the molecule is Cc1c[nH+]cc(CONCCCO[C@H]2OC(CO)[C@@H](O/C=C/O)[C@@H](O)C2O)c1. The van der Waals surface area contributed by atoms with E-state index < -0.39 is 37.3 Å². The van der Waals surface area contributed by atoms with E-state index in [0.29, 0.717) is 25.8 Å². The summed E-state index contributed by atoms with van der Waals surface area (Å²) in [7, 11) is 0. The Morgan fingerprint density at radius 2 is 2.11 bits per heavy atom. The normalized spacial score (nSPS) is 27.9. The first-order valence-corrected chi connectivity index (χ1v) is 9.06. The minimum absolute atomic E-state index is 0.239. The number of aromatic amines is 1. The zero-order valence-corrected chi connectivity index (χ0v) is 15.7. The second-order valence-electron chi connectivity index (χ2n) is 6.42. The molecule has 1 aromatic rings. The van der Waals surface area contributed by atoms with E-state index in [1.54, 1.807) is 0 Å². The Bertz CT molecular complexity index is 601. The number of aromatic nitrogens is 1. The highest BCUT2D eigenvalue weighted by Gasteiger charge is 2.45. The summed E-state index contributed by atoms with van der Waals surface area (Å²) in [6.45, 7) is 2.71. The molecule has 10 heteroatoms. The molecule has 0 aliphatic carbocycles. The number of ether oxygens (including phenoxy) is 3. The van der Waals surface area contributed by atoms with Crippen molar-refractivity contribution in [3.63, 3.8) is 0 Å². The third kappa shape index (κ3) is 6.67. The van der Waals surface area contributed by atoms with Gasteiger partial charge in [0.1, 0.15) is 30.8 Å². The van der Waals surface area contributed by atoms with Crippen LogP contribution in [0.4, 0.5) is 0 Å². The molecule has 2 rings (SSSR count). The van der Waals surface area contributed by atoms with Gasteiger partial charge < -0.3 is 34.6 Å². The summed E-state index contributed by atoms with van der Waals surface area (Å²) in [5.74, 6) is 0. The second-order valence-corrected chi connectivity index (χ2v) is 6.42. The average Bonchev–Trinajstić information content (AvgIpc) is 2.69.